The van der Waals surface area contributed by atoms with E-state index in [-0.39, 0.29) is 0 Å². The van der Waals surface area contributed by atoms with Crippen molar-refractivity contribution >= 4 is 11.8 Å². The SMILES string of the molecule is CCOc1ccc(-c2noc(CSc3nnc(-c4ccncc4)n3-c3cccc(C)c3)n2)cc1. The summed E-state index contributed by atoms with van der Waals surface area (Å²) in [5, 5.41) is 13.8. The van der Waals surface area contributed by atoms with E-state index in [4.69, 9.17) is 9.26 Å². The fraction of sp³-hybridized carbons (Fsp3) is 0.160. The summed E-state index contributed by atoms with van der Waals surface area (Å²) >= 11 is 1.49. The predicted molar refractivity (Wildman–Crippen MR) is 130 cm³/mol. The van der Waals surface area contributed by atoms with Crippen LogP contribution < -0.4 is 4.74 Å². The van der Waals surface area contributed by atoms with Crippen molar-refractivity contribution in [2.45, 2.75) is 24.8 Å². The molecule has 3 aromatic heterocycles. The number of rotatable bonds is 8. The molecule has 0 saturated heterocycles. The third-order valence-electron chi connectivity index (χ3n) is 5.05. The van der Waals surface area contributed by atoms with Crippen LogP contribution in [-0.4, -0.2) is 36.5 Å². The Morgan fingerprint density at radius 3 is 2.56 bits per heavy atom. The molecule has 0 saturated carbocycles. The number of aromatic nitrogens is 6. The third kappa shape index (κ3) is 4.69. The molecule has 2 aromatic carbocycles. The van der Waals surface area contributed by atoms with Gasteiger partial charge in [0.05, 0.1) is 12.4 Å². The van der Waals surface area contributed by atoms with Crippen LogP contribution in [0.1, 0.15) is 18.4 Å². The van der Waals surface area contributed by atoms with Gasteiger partial charge >= 0.3 is 0 Å². The van der Waals surface area contributed by atoms with E-state index in [0.29, 0.717) is 24.1 Å². The maximum atomic E-state index is 5.50. The van der Waals surface area contributed by atoms with Gasteiger partial charge in [0.25, 0.3) is 0 Å². The van der Waals surface area contributed by atoms with E-state index in [1.54, 1.807) is 12.4 Å². The van der Waals surface area contributed by atoms with Crippen LogP contribution in [0.15, 0.2) is 82.7 Å². The van der Waals surface area contributed by atoms with Crippen LogP contribution in [0.3, 0.4) is 0 Å². The number of benzene rings is 2. The summed E-state index contributed by atoms with van der Waals surface area (Å²) in [4.78, 5) is 8.66. The highest BCUT2D eigenvalue weighted by Gasteiger charge is 2.18. The zero-order chi connectivity index (χ0) is 23.3. The number of pyridine rings is 1. The predicted octanol–water partition coefficient (Wildman–Crippen LogP) is 5.38. The van der Waals surface area contributed by atoms with Crippen molar-refractivity contribution < 1.29 is 9.26 Å². The van der Waals surface area contributed by atoms with E-state index < -0.39 is 0 Å². The van der Waals surface area contributed by atoms with Crippen LogP contribution in [0.4, 0.5) is 0 Å². The lowest BCUT2D eigenvalue weighted by Crippen LogP contribution is -2.00. The summed E-state index contributed by atoms with van der Waals surface area (Å²) in [5.41, 5.74) is 3.94. The van der Waals surface area contributed by atoms with Gasteiger partial charge in [-0.15, -0.1) is 10.2 Å². The van der Waals surface area contributed by atoms with Gasteiger partial charge in [0.1, 0.15) is 5.75 Å². The second-order valence-corrected chi connectivity index (χ2v) is 8.42. The van der Waals surface area contributed by atoms with Gasteiger partial charge < -0.3 is 9.26 Å². The molecule has 8 nitrogen and oxygen atoms in total. The Labute approximate surface area is 201 Å². The summed E-state index contributed by atoms with van der Waals surface area (Å²) in [6.07, 6.45) is 3.50. The fourth-order valence-corrected chi connectivity index (χ4v) is 4.26. The second-order valence-electron chi connectivity index (χ2n) is 7.47. The van der Waals surface area contributed by atoms with Gasteiger partial charge in [-0.25, -0.2) is 0 Å². The molecule has 5 rings (SSSR count). The van der Waals surface area contributed by atoms with Crippen LogP contribution in [0.25, 0.3) is 28.5 Å². The summed E-state index contributed by atoms with van der Waals surface area (Å²) in [7, 11) is 0. The van der Waals surface area contributed by atoms with Crippen molar-refractivity contribution in [1.82, 2.24) is 29.9 Å². The number of hydrogen-bond donors (Lipinski definition) is 0. The average molecular weight is 471 g/mol. The van der Waals surface area contributed by atoms with E-state index in [1.165, 1.54) is 11.8 Å². The zero-order valence-corrected chi connectivity index (χ0v) is 19.6. The van der Waals surface area contributed by atoms with Gasteiger partial charge in [0, 0.05) is 29.2 Å². The van der Waals surface area contributed by atoms with Gasteiger partial charge in [-0.3, -0.25) is 9.55 Å². The Kier molecular flexibility index (Phi) is 6.35. The molecule has 170 valence electrons. The van der Waals surface area contributed by atoms with Crippen LogP contribution in [-0.2, 0) is 5.75 Å². The molecular weight excluding hydrogens is 448 g/mol. The first-order chi connectivity index (χ1) is 16.7. The fourth-order valence-electron chi connectivity index (χ4n) is 3.48. The van der Waals surface area contributed by atoms with Crippen molar-refractivity contribution in [1.29, 1.82) is 0 Å². The smallest absolute Gasteiger partial charge is 0.237 e. The normalized spacial score (nSPS) is 11.0. The molecule has 0 fully saturated rings. The van der Waals surface area contributed by atoms with E-state index in [9.17, 15) is 0 Å². The quantitative estimate of drug-likeness (QED) is 0.279. The minimum Gasteiger partial charge on any atom is -0.494 e. The van der Waals surface area contributed by atoms with Crippen molar-refractivity contribution in [2.24, 2.45) is 0 Å². The molecule has 0 amide bonds. The highest BCUT2D eigenvalue weighted by molar-refractivity contribution is 7.98. The van der Waals surface area contributed by atoms with Gasteiger partial charge in [0.2, 0.25) is 11.7 Å². The number of ether oxygens (including phenoxy) is 1. The number of hydrogen-bond acceptors (Lipinski definition) is 8. The molecule has 0 spiro atoms. The molecule has 0 bridgehead atoms. The Morgan fingerprint density at radius 1 is 0.971 bits per heavy atom. The van der Waals surface area contributed by atoms with Crippen LogP contribution in [0.5, 0.6) is 5.75 Å². The largest absolute Gasteiger partial charge is 0.494 e. The lowest BCUT2D eigenvalue weighted by atomic mass is 10.2. The highest BCUT2D eigenvalue weighted by atomic mass is 32.2. The molecule has 0 radical (unpaired) electrons. The number of thioether (sulfide) groups is 1. The standard InChI is InChI=1S/C25H22N6O2S/c1-3-32-21-9-7-18(8-10-21)23-27-22(33-30-23)16-34-25-29-28-24(19-11-13-26-14-12-19)31(25)20-6-4-5-17(2)15-20/h4-15H,3,16H2,1-2H3. The van der Waals surface area contributed by atoms with Crippen molar-refractivity contribution in [3.63, 3.8) is 0 Å². The van der Waals surface area contributed by atoms with E-state index in [1.807, 2.05) is 60.0 Å². The maximum absolute atomic E-state index is 5.50. The van der Waals surface area contributed by atoms with E-state index in [0.717, 1.165) is 39.1 Å². The van der Waals surface area contributed by atoms with Crippen LogP contribution in [0.2, 0.25) is 0 Å². The number of nitrogens with zero attached hydrogens (tertiary/aromatic N) is 6. The monoisotopic (exact) mass is 470 g/mol. The van der Waals surface area contributed by atoms with Gasteiger partial charge in [-0.2, -0.15) is 4.98 Å². The second kappa shape index (κ2) is 9.88. The molecule has 5 aromatic rings. The van der Waals surface area contributed by atoms with Crippen molar-refractivity contribution in [3.8, 4) is 34.2 Å². The van der Waals surface area contributed by atoms with Crippen molar-refractivity contribution in [3.05, 3.63) is 84.5 Å². The molecule has 0 unspecified atom stereocenters. The van der Waals surface area contributed by atoms with Crippen LogP contribution >= 0.6 is 11.8 Å². The van der Waals surface area contributed by atoms with E-state index in [2.05, 4.69) is 44.4 Å². The molecule has 0 aliphatic heterocycles. The molecule has 9 heteroatoms. The minimum absolute atomic E-state index is 0.463. The van der Waals surface area contributed by atoms with Gasteiger partial charge in [0.15, 0.2) is 11.0 Å². The lowest BCUT2D eigenvalue weighted by molar-refractivity contribution is 0.340. The van der Waals surface area contributed by atoms with Crippen LogP contribution in [0, 0.1) is 6.92 Å². The lowest BCUT2D eigenvalue weighted by Gasteiger charge is -2.10. The Hall–Kier alpha value is -3.98. The molecular formula is C25H22N6O2S. The summed E-state index contributed by atoms with van der Waals surface area (Å²) < 4.78 is 13.0. The first kappa shape index (κ1) is 21.8. The first-order valence-electron chi connectivity index (χ1n) is 10.8. The first-order valence-corrected chi connectivity index (χ1v) is 11.8. The summed E-state index contributed by atoms with van der Waals surface area (Å²) in [6.45, 7) is 4.64. The summed E-state index contributed by atoms with van der Waals surface area (Å²) in [5.74, 6) is 3.07. The van der Waals surface area contributed by atoms with Gasteiger partial charge in [-0.05, 0) is 67.9 Å². The molecule has 0 atom stereocenters. The Morgan fingerprint density at radius 2 is 1.79 bits per heavy atom. The number of aryl methyl sites for hydroxylation is 1. The molecule has 34 heavy (non-hydrogen) atoms. The van der Waals surface area contributed by atoms with E-state index >= 15 is 0 Å². The highest BCUT2D eigenvalue weighted by Crippen LogP contribution is 2.30. The Balaban J connectivity index is 1.40. The van der Waals surface area contributed by atoms with Gasteiger partial charge in [-0.1, -0.05) is 29.1 Å². The molecule has 0 aliphatic carbocycles. The topological polar surface area (TPSA) is 91.8 Å². The molecule has 0 aliphatic rings. The summed E-state index contributed by atoms with van der Waals surface area (Å²) in [6, 6.07) is 19.7. The third-order valence-corrected chi connectivity index (χ3v) is 5.96. The average Bonchev–Trinajstić information content (AvgIpc) is 3.51. The molecule has 3 heterocycles. The van der Waals surface area contributed by atoms with Crippen molar-refractivity contribution in [2.75, 3.05) is 6.61 Å². The molecule has 0 N–H and O–H groups in total. The maximum Gasteiger partial charge on any atom is 0.237 e. The zero-order valence-electron chi connectivity index (χ0n) is 18.8. The minimum atomic E-state index is 0.463. The Bertz CT molecular complexity index is 1380.